The Morgan fingerprint density at radius 1 is 1.28 bits per heavy atom. The minimum absolute atomic E-state index is 0. The number of aliphatic hydroxyl groups excluding tert-OH is 1. The normalized spacial score (nSPS) is 21.8. The molecule has 0 radical (unpaired) electrons. The molecule has 2 aliphatic rings. The molecule has 0 amide bonds. The quantitative estimate of drug-likeness (QED) is 0.242. The van der Waals surface area contributed by atoms with Gasteiger partial charge in [-0.25, -0.2) is 0 Å². The van der Waals surface area contributed by atoms with Crippen LogP contribution in [-0.2, 0) is 4.74 Å². The smallest absolute Gasteiger partial charge is 0.194 e. The van der Waals surface area contributed by atoms with E-state index >= 15 is 0 Å². The van der Waals surface area contributed by atoms with Gasteiger partial charge in [0, 0.05) is 38.8 Å². The summed E-state index contributed by atoms with van der Waals surface area (Å²) >= 11 is 0. The molecule has 6 nitrogen and oxygen atoms in total. The third kappa shape index (κ3) is 7.24. The second-order valence-electron chi connectivity index (χ2n) is 7.55. The standard InChI is InChI=1S/C22H34N4O2.HI/c1-3-23-22(26-14-11-20(16-26)25-12-7-8-13-25)24-15-21(27)17-28-18(2)19-9-5-4-6-10-19;/h4-10,18,20-21,27H,3,11-17H2,1-2H3,(H,23,24);1H. The first kappa shape index (κ1) is 24.1. The van der Waals surface area contributed by atoms with E-state index in [4.69, 9.17) is 4.74 Å². The highest BCUT2D eigenvalue weighted by Crippen LogP contribution is 2.18. The van der Waals surface area contributed by atoms with Crippen LogP contribution in [0, 0.1) is 0 Å². The molecule has 7 heteroatoms. The Bertz CT molecular complexity index is 647. The fourth-order valence-corrected chi connectivity index (χ4v) is 3.77. The highest BCUT2D eigenvalue weighted by molar-refractivity contribution is 14.0. The van der Waals surface area contributed by atoms with Crippen LogP contribution in [0.2, 0.25) is 0 Å². The zero-order valence-electron chi connectivity index (χ0n) is 17.5. The third-order valence-corrected chi connectivity index (χ3v) is 5.42. The van der Waals surface area contributed by atoms with Crippen LogP contribution in [0.15, 0.2) is 47.5 Å². The molecule has 0 aromatic heterocycles. The molecule has 29 heavy (non-hydrogen) atoms. The van der Waals surface area contributed by atoms with Gasteiger partial charge in [-0.05, 0) is 25.8 Å². The van der Waals surface area contributed by atoms with E-state index in [1.165, 1.54) is 0 Å². The number of guanidine groups is 1. The van der Waals surface area contributed by atoms with Crippen molar-refractivity contribution in [1.29, 1.82) is 0 Å². The molecular weight excluding hydrogens is 479 g/mol. The minimum atomic E-state index is -0.610. The van der Waals surface area contributed by atoms with Gasteiger partial charge in [0.1, 0.15) is 0 Å². The number of hydrogen-bond donors (Lipinski definition) is 2. The summed E-state index contributed by atoms with van der Waals surface area (Å²) < 4.78 is 5.83. The molecule has 1 aromatic rings. The summed E-state index contributed by atoms with van der Waals surface area (Å²) in [7, 11) is 0. The minimum Gasteiger partial charge on any atom is -0.389 e. The van der Waals surface area contributed by atoms with E-state index in [2.05, 4.69) is 39.2 Å². The lowest BCUT2D eigenvalue weighted by Gasteiger charge is -2.25. The Balaban J connectivity index is 0.00000300. The lowest BCUT2D eigenvalue weighted by molar-refractivity contribution is 0.00106. The van der Waals surface area contributed by atoms with Gasteiger partial charge in [0.05, 0.1) is 25.4 Å². The van der Waals surface area contributed by atoms with E-state index in [-0.39, 0.29) is 36.7 Å². The molecule has 1 fully saturated rings. The molecule has 3 atom stereocenters. The molecular formula is C22H35IN4O2. The van der Waals surface area contributed by atoms with Crippen molar-refractivity contribution in [3.63, 3.8) is 0 Å². The van der Waals surface area contributed by atoms with Crippen molar-refractivity contribution in [1.82, 2.24) is 15.1 Å². The number of nitrogens with zero attached hydrogens (tertiary/aromatic N) is 3. The molecule has 162 valence electrons. The van der Waals surface area contributed by atoms with Crippen molar-refractivity contribution in [3.05, 3.63) is 48.0 Å². The Morgan fingerprint density at radius 2 is 2.00 bits per heavy atom. The monoisotopic (exact) mass is 514 g/mol. The summed E-state index contributed by atoms with van der Waals surface area (Å²) in [5, 5.41) is 13.7. The van der Waals surface area contributed by atoms with Crippen LogP contribution in [0.5, 0.6) is 0 Å². The second-order valence-corrected chi connectivity index (χ2v) is 7.55. The maximum absolute atomic E-state index is 10.3. The second kappa shape index (κ2) is 12.5. The average Bonchev–Trinajstić information content (AvgIpc) is 3.41. The number of aliphatic hydroxyl groups is 1. The zero-order chi connectivity index (χ0) is 19.8. The molecule has 3 rings (SSSR count). The first-order chi connectivity index (χ1) is 13.7. The van der Waals surface area contributed by atoms with E-state index < -0.39 is 6.10 Å². The Kier molecular flexibility index (Phi) is 10.4. The Hall–Kier alpha value is -1.16. The van der Waals surface area contributed by atoms with Gasteiger partial charge < -0.3 is 20.1 Å². The number of benzene rings is 1. The van der Waals surface area contributed by atoms with E-state index in [1.807, 2.05) is 37.3 Å². The molecule has 0 saturated carbocycles. The highest BCUT2D eigenvalue weighted by atomic mass is 127. The molecule has 1 aromatic carbocycles. The van der Waals surface area contributed by atoms with Crippen molar-refractivity contribution < 1.29 is 9.84 Å². The van der Waals surface area contributed by atoms with Gasteiger partial charge in [-0.1, -0.05) is 42.5 Å². The number of aliphatic imine (C=N–C) groups is 1. The van der Waals surface area contributed by atoms with Crippen LogP contribution in [0.1, 0.15) is 31.9 Å². The predicted octanol–water partition coefficient (Wildman–Crippen LogP) is 2.65. The van der Waals surface area contributed by atoms with Gasteiger partial charge in [0.2, 0.25) is 0 Å². The summed E-state index contributed by atoms with van der Waals surface area (Å²) in [5.41, 5.74) is 1.12. The SMILES string of the molecule is CCNC(=NCC(O)COC(C)c1ccccc1)N1CCC(N2CC=CC2)C1.I. The number of likely N-dealkylation sites (tertiary alicyclic amines) is 1. The molecule has 0 bridgehead atoms. The molecule has 2 N–H and O–H groups in total. The topological polar surface area (TPSA) is 60.3 Å². The van der Waals surface area contributed by atoms with Crippen molar-refractivity contribution in [2.75, 3.05) is 45.9 Å². The first-order valence-corrected chi connectivity index (χ1v) is 10.4. The molecule has 2 heterocycles. The average molecular weight is 514 g/mol. The Labute approximate surface area is 192 Å². The fraction of sp³-hybridized carbons (Fsp3) is 0.591. The molecule has 2 aliphatic heterocycles. The summed E-state index contributed by atoms with van der Waals surface area (Å²) in [5.74, 6) is 0.896. The van der Waals surface area contributed by atoms with Crippen LogP contribution in [0.25, 0.3) is 0 Å². The van der Waals surface area contributed by atoms with Crippen LogP contribution in [-0.4, -0.2) is 78.9 Å². The van der Waals surface area contributed by atoms with Crippen molar-refractivity contribution >= 4 is 29.9 Å². The largest absolute Gasteiger partial charge is 0.389 e. The maximum atomic E-state index is 10.3. The fourth-order valence-electron chi connectivity index (χ4n) is 3.77. The molecule has 1 saturated heterocycles. The van der Waals surface area contributed by atoms with Crippen molar-refractivity contribution in [2.45, 2.75) is 38.5 Å². The van der Waals surface area contributed by atoms with Crippen molar-refractivity contribution in [2.24, 2.45) is 4.99 Å². The Morgan fingerprint density at radius 3 is 2.69 bits per heavy atom. The zero-order valence-corrected chi connectivity index (χ0v) is 19.9. The van der Waals surface area contributed by atoms with Crippen LogP contribution >= 0.6 is 24.0 Å². The number of halogens is 1. The van der Waals surface area contributed by atoms with Crippen LogP contribution in [0.4, 0.5) is 0 Å². The summed E-state index contributed by atoms with van der Waals surface area (Å²) in [6.07, 6.45) is 5.00. The lowest BCUT2D eigenvalue weighted by atomic mass is 10.1. The van der Waals surface area contributed by atoms with Gasteiger partial charge in [0.15, 0.2) is 5.96 Å². The summed E-state index contributed by atoms with van der Waals surface area (Å²) in [6, 6.07) is 10.7. The molecule has 3 unspecified atom stereocenters. The van der Waals surface area contributed by atoms with Gasteiger partial charge in [-0.2, -0.15) is 0 Å². The number of rotatable bonds is 8. The van der Waals surface area contributed by atoms with Crippen LogP contribution < -0.4 is 5.32 Å². The van der Waals surface area contributed by atoms with E-state index in [0.29, 0.717) is 12.6 Å². The van der Waals surface area contributed by atoms with Gasteiger partial charge >= 0.3 is 0 Å². The maximum Gasteiger partial charge on any atom is 0.194 e. The van der Waals surface area contributed by atoms with Crippen LogP contribution in [0.3, 0.4) is 0 Å². The number of hydrogen-bond acceptors (Lipinski definition) is 4. The van der Waals surface area contributed by atoms with Gasteiger partial charge in [-0.3, -0.25) is 9.89 Å². The predicted molar refractivity (Wildman–Crippen MR) is 129 cm³/mol. The number of nitrogens with one attached hydrogen (secondary N) is 1. The van der Waals surface area contributed by atoms with E-state index in [0.717, 1.165) is 50.7 Å². The molecule has 0 spiro atoms. The van der Waals surface area contributed by atoms with Gasteiger partial charge in [0.25, 0.3) is 0 Å². The first-order valence-electron chi connectivity index (χ1n) is 10.4. The third-order valence-electron chi connectivity index (χ3n) is 5.42. The molecule has 0 aliphatic carbocycles. The van der Waals surface area contributed by atoms with E-state index in [9.17, 15) is 5.11 Å². The summed E-state index contributed by atoms with van der Waals surface area (Å²) in [6.45, 7) is 9.64. The van der Waals surface area contributed by atoms with E-state index in [1.54, 1.807) is 0 Å². The van der Waals surface area contributed by atoms with Crippen molar-refractivity contribution in [3.8, 4) is 0 Å². The van der Waals surface area contributed by atoms with Gasteiger partial charge in [-0.15, -0.1) is 24.0 Å². The highest BCUT2D eigenvalue weighted by Gasteiger charge is 2.29. The summed E-state index contributed by atoms with van der Waals surface area (Å²) in [4.78, 5) is 9.50. The number of ether oxygens (including phenoxy) is 1. The lowest BCUT2D eigenvalue weighted by Crippen LogP contribution is -2.43.